The van der Waals surface area contributed by atoms with Gasteiger partial charge in [-0.25, -0.2) is 4.98 Å². The van der Waals surface area contributed by atoms with E-state index < -0.39 is 0 Å². The minimum atomic E-state index is -0.273. The summed E-state index contributed by atoms with van der Waals surface area (Å²) in [7, 11) is 0. The molecule has 1 saturated heterocycles. The molecule has 23 heavy (non-hydrogen) atoms. The molecule has 2 amide bonds. The first-order chi connectivity index (χ1) is 10.9. The van der Waals surface area contributed by atoms with E-state index in [2.05, 4.69) is 10.3 Å². The molecule has 0 spiro atoms. The average Bonchev–Trinajstić information content (AvgIpc) is 2.98. The molecule has 120 valence electrons. The molecule has 1 atom stereocenters. The van der Waals surface area contributed by atoms with Crippen molar-refractivity contribution in [1.82, 2.24) is 19.8 Å². The number of piperazine rings is 1. The van der Waals surface area contributed by atoms with Gasteiger partial charge in [-0.1, -0.05) is 23.2 Å². The van der Waals surface area contributed by atoms with E-state index in [1.54, 1.807) is 29.0 Å². The van der Waals surface area contributed by atoms with Crippen molar-refractivity contribution < 1.29 is 9.59 Å². The van der Waals surface area contributed by atoms with Crippen molar-refractivity contribution in [3.05, 3.63) is 46.5 Å². The normalized spacial score (nSPS) is 18.0. The number of rotatable bonds is 2. The largest absolute Gasteiger partial charge is 0.350 e. The third-order valence-electron chi connectivity index (χ3n) is 3.53. The highest BCUT2D eigenvalue weighted by atomic mass is 35.5. The van der Waals surface area contributed by atoms with Gasteiger partial charge >= 0.3 is 0 Å². The van der Waals surface area contributed by atoms with Crippen molar-refractivity contribution in [3.8, 4) is 5.69 Å². The smallest absolute Gasteiger partial charge is 0.274 e. The van der Waals surface area contributed by atoms with E-state index in [1.165, 1.54) is 11.2 Å². The summed E-state index contributed by atoms with van der Waals surface area (Å²) in [4.78, 5) is 29.7. The molecule has 2 heterocycles. The molecule has 0 bridgehead atoms. The van der Waals surface area contributed by atoms with Crippen molar-refractivity contribution in [2.75, 3.05) is 13.1 Å². The molecule has 1 N–H and O–H groups in total. The third-order valence-corrected chi connectivity index (χ3v) is 4.27. The van der Waals surface area contributed by atoms with Crippen LogP contribution in [0.25, 0.3) is 5.69 Å². The highest BCUT2D eigenvalue weighted by Crippen LogP contribution is 2.24. The molecule has 3 rings (SSSR count). The van der Waals surface area contributed by atoms with Crippen LogP contribution in [-0.4, -0.2) is 45.4 Å². The van der Waals surface area contributed by atoms with Gasteiger partial charge in [0.05, 0.1) is 16.6 Å². The summed E-state index contributed by atoms with van der Waals surface area (Å²) >= 11 is 11.9. The summed E-state index contributed by atoms with van der Waals surface area (Å²) in [6.07, 6.45) is 3.14. The van der Waals surface area contributed by atoms with Gasteiger partial charge in [-0.05, 0) is 25.1 Å². The first-order valence-electron chi connectivity index (χ1n) is 7.02. The number of nitrogens with one attached hydrogen (secondary N) is 1. The fraction of sp³-hybridized carbons (Fsp3) is 0.267. The number of halogens is 2. The van der Waals surface area contributed by atoms with E-state index >= 15 is 0 Å². The van der Waals surface area contributed by atoms with Gasteiger partial charge in [0.25, 0.3) is 5.91 Å². The number of hydrogen-bond donors (Lipinski definition) is 1. The Morgan fingerprint density at radius 1 is 1.35 bits per heavy atom. The summed E-state index contributed by atoms with van der Waals surface area (Å²) in [5.74, 6) is -0.438. The zero-order chi connectivity index (χ0) is 16.6. The van der Waals surface area contributed by atoms with E-state index in [0.29, 0.717) is 16.6 Å². The van der Waals surface area contributed by atoms with E-state index in [-0.39, 0.29) is 30.1 Å². The van der Waals surface area contributed by atoms with Crippen LogP contribution in [0, 0.1) is 0 Å². The van der Waals surface area contributed by atoms with Crippen LogP contribution in [0.3, 0.4) is 0 Å². The Morgan fingerprint density at radius 2 is 2.13 bits per heavy atom. The van der Waals surface area contributed by atoms with Gasteiger partial charge in [-0.15, -0.1) is 0 Å². The number of carbonyl (C=O) groups excluding carboxylic acids is 2. The van der Waals surface area contributed by atoms with E-state index in [1.807, 2.05) is 6.92 Å². The molecule has 1 unspecified atom stereocenters. The topological polar surface area (TPSA) is 67.2 Å². The summed E-state index contributed by atoms with van der Waals surface area (Å²) < 4.78 is 1.68. The molecule has 1 aromatic carbocycles. The zero-order valence-electron chi connectivity index (χ0n) is 12.3. The average molecular weight is 353 g/mol. The number of benzene rings is 1. The molecule has 8 heteroatoms. The first kappa shape index (κ1) is 15.8. The fourth-order valence-corrected chi connectivity index (χ4v) is 2.76. The van der Waals surface area contributed by atoms with E-state index in [9.17, 15) is 9.59 Å². The Balaban J connectivity index is 1.82. The third kappa shape index (κ3) is 3.33. The second kappa shape index (κ2) is 6.22. The van der Waals surface area contributed by atoms with Crippen LogP contribution in [0.1, 0.15) is 17.4 Å². The van der Waals surface area contributed by atoms with E-state index in [4.69, 9.17) is 23.2 Å². The Morgan fingerprint density at radius 3 is 2.83 bits per heavy atom. The summed E-state index contributed by atoms with van der Waals surface area (Å²) in [6, 6.07) is 5.08. The second-order valence-corrected chi connectivity index (χ2v) is 6.23. The van der Waals surface area contributed by atoms with Crippen LogP contribution < -0.4 is 5.32 Å². The van der Waals surface area contributed by atoms with Crippen molar-refractivity contribution in [2.24, 2.45) is 0 Å². The Bertz CT molecular complexity index is 775. The Labute approximate surface area is 143 Å². The monoisotopic (exact) mass is 352 g/mol. The molecule has 6 nitrogen and oxygen atoms in total. The number of aromatic nitrogens is 2. The van der Waals surface area contributed by atoms with Gasteiger partial charge in [0.2, 0.25) is 5.91 Å². The van der Waals surface area contributed by atoms with Gasteiger partial charge in [0, 0.05) is 24.5 Å². The summed E-state index contributed by atoms with van der Waals surface area (Å²) in [6.45, 7) is 2.36. The predicted molar refractivity (Wildman–Crippen MR) is 87.1 cm³/mol. The quantitative estimate of drug-likeness (QED) is 0.900. The summed E-state index contributed by atoms with van der Waals surface area (Å²) in [5, 5.41) is 3.65. The number of nitrogens with zero attached hydrogens (tertiary/aromatic N) is 3. The van der Waals surface area contributed by atoms with Crippen LogP contribution >= 0.6 is 23.2 Å². The van der Waals surface area contributed by atoms with E-state index in [0.717, 1.165) is 5.69 Å². The Hall–Kier alpha value is -2.05. The number of carbonyl (C=O) groups is 2. The van der Waals surface area contributed by atoms with Gasteiger partial charge in [-0.2, -0.15) is 0 Å². The van der Waals surface area contributed by atoms with Crippen LogP contribution in [0.15, 0.2) is 30.7 Å². The molecule has 0 aliphatic carbocycles. The van der Waals surface area contributed by atoms with Gasteiger partial charge in [0.1, 0.15) is 12.0 Å². The lowest BCUT2D eigenvalue weighted by Crippen LogP contribution is -2.54. The molecule has 1 aromatic heterocycles. The van der Waals surface area contributed by atoms with Gasteiger partial charge in [-0.3, -0.25) is 9.59 Å². The highest BCUT2D eigenvalue weighted by molar-refractivity contribution is 6.42. The molecule has 1 fully saturated rings. The van der Waals surface area contributed by atoms with Crippen molar-refractivity contribution >= 4 is 35.0 Å². The first-order valence-corrected chi connectivity index (χ1v) is 7.77. The lowest BCUT2D eigenvalue weighted by atomic mass is 10.2. The molecule has 2 aromatic rings. The molecule has 0 radical (unpaired) electrons. The van der Waals surface area contributed by atoms with Crippen LogP contribution in [-0.2, 0) is 4.79 Å². The van der Waals surface area contributed by atoms with Crippen LogP contribution in [0.4, 0.5) is 0 Å². The fourth-order valence-electron chi connectivity index (χ4n) is 2.47. The lowest BCUT2D eigenvalue weighted by Gasteiger charge is -2.30. The maximum absolute atomic E-state index is 12.5. The SMILES string of the molecule is CC1CN(C(=O)c2cn(-c3ccc(Cl)c(Cl)c3)cn2)CC(=O)N1. The second-order valence-electron chi connectivity index (χ2n) is 5.42. The van der Waals surface area contributed by atoms with Gasteiger partial charge in [0.15, 0.2) is 0 Å². The zero-order valence-corrected chi connectivity index (χ0v) is 13.8. The maximum atomic E-state index is 12.5. The Kier molecular flexibility index (Phi) is 4.28. The maximum Gasteiger partial charge on any atom is 0.274 e. The van der Waals surface area contributed by atoms with Crippen molar-refractivity contribution in [2.45, 2.75) is 13.0 Å². The minimum Gasteiger partial charge on any atom is -0.350 e. The number of amides is 2. The summed E-state index contributed by atoms with van der Waals surface area (Å²) in [5.41, 5.74) is 1.02. The molecule has 1 aliphatic rings. The van der Waals surface area contributed by atoms with Crippen molar-refractivity contribution in [1.29, 1.82) is 0 Å². The van der Waals surface area contributed by atoms with Gasteiger partial charge < -0.3 is 14.8 Å². The number of imidazole rings is 1. The molecular weight excluding hydrogens is 339 g/mol. The molecule has 0 saturated carbocycles. The lowest BCUT2D eigenvalue weighted by molar-refractivity contribution is -0.124. The van der Waals surface area contributed by atoms with Crippen LogP contribution in [0.2, 0.25) is 10.0 Å². The highest BCUT2D eigenvalue weighted by Gasteiger charge is 2.27. The predicted octanol–water partition coefficient (Wildman–Crippen LogP) is 2.14. The minimum absolute atomic E-state index is 0.0445. The molecule has 1 aliphatic heterocycles. The van der Waals surface area contributed by atoms with Crippen LogP contribution in [0.5, 0.6) is 0 Å². The molecular formula is C15H14Cl2N4O2. The number of hydrogen-bond acceptors (Lipinski definition) is 3. The van der Waals surface area contributed by atoms with Crippen molar-refractivity contribution in [3.63, 3.8) is 0 Å². The standard InChI is InChI=1S/C15H14Cl2N4O2/c1-9-5-20(7-14(22)19-9)15(23)13-6-21(8-18-13)10-2-3-11(16)12(17)4-10/h2-4,6,8-9H,5,7H2,1H3,(H,19,22).